The van der Waals surface area contributed by atoms with E-state index in [4.69, 9.17) is 9.47 Å². The highest BCUT2D eigenvalue weighted by Crippen LogP contribution is 2.11. The SMILES string of the molecule is COC(=O)CNc1nc(NCCOCCOCCNC(=O)c2ccccc2)nc(NCc2ccccc2)n1. The smallest absolute Gasteiger partial charge is 0.325 e. The molecule has 0 radical (unpaired) electrons. The summed E-state index contributed by atoms with van der Waals surface area (Å²) in [5, 5.41) is 11.9. The molecule has 0 bridgehead atoms. The topological polar surface area (TPSA) is 149 Å². The van der Waals surface area contributed by atoms with Gasteiger partial charge in [0.05, 0.1) is 33.5 Å². The van der Waals surface area contributed by atoms with Gasteiger partial charge in [-0.05, 0) is 17.7 Å². The van der Waals surface area contributed by atoms with Crippen LogP contribution in [0.15, 0.2) is 60.7 Å². The summed E-state index contributed by atoms with van der Waals surface area (Å²) in [7, 11) is 1.31. The van der Waals surface area contributed by atoms with Crippen molar-refractivity contribution < 1.29 is 23.8 Å². The van der Waals surface area contributed by atoms with Gasteiger partial charge >= 0.3 is 5.97 Å². The lowest BCUT2D eigenvalue weighted by atomic mass is 10.2. The molecule has 0 aliphatic carbocycles. The zero-order valence-electron chi connectivity index (χ0n) is 21.3. The summed E-state index contributed by atoms with van der Waals surface area (Å²) in [6, 6.07) is 18.9. The van der Waals surface area contributed by atoms with Crippen LogP contribution in [-0.2, 0) is 25.5 Å². The van der Waals surface area contributed by atoms with Crippen molar-refractivity contribution in [3.05, 3.63) is 71.8 Å². The van der Waals surface area contributed by atoms with Gasteiger partial charge in [0.15, 0.2) is 0 Å². The predicted molar refractivity (Wildman–Crippen MR) is 143 cm³/mol. The predicted octanol–water partition coefficient (Wildman–Crippen LogP) is 1.94. The molecule has 12 nitrogen and oxygen atoms in total. The number of benzene rings is 2. The molecular weight excluding hydrogens is 490 g/mol. The van der Waals surface area contributed by atoms with Crippen molar-refractivity contribution in [1.29, 1.82) is 0 Å². The third kappa shape index (κ3) is 10.8. The summed E-state index contributed by atoms with van der Waals surface area (Å²) < 4.78 is 15.7. The van der Waals surface area contributed by atoms with E-state index in [-0.39, 0.29) is 18.4 Å². The van der Waals surface area contributed by atoms with Crippen LogP contribution in [0.3, 0.4) is 0 Å². The van der Waals surface area contributed by atoms with Gasteiger partial charge in [-0.3, -0.25) is 9.59 Å². The van der Waals surface area contributed by atoms with E-state index in [0.29, 0.717) is 63.5 Å². The van der Waals surface area contributed by atoms with E-state index in [1.54, 1.807) is 12.1 Å². The van der Waals surface area contributed by atoms with E-state index in [0.717, 1.165) is 5.56 Å². The number of methoxy groups -OCH3 is 1. The second kappa shape index (κ2) is 16.5. The fourth-order valence-corrected chi connectivity index (χ4v) is 3.10. The molecule has 0 aliphatic rings. The van der Waals surface area contributed by atoms with Gasteiger partial charge < -0.3 is 35.5 Å². The lowest BCUT2D eigenvalue weighted by molar-refractivity contribution is -0.138. The average molecular weight is 524 g/mol. The second-order valence-corrected chi connectivity index (χ2v) is 7.85. The van der Waals surface area contributed by atoms with E-state index in [9.17, 15) is 9.59 Å². The number of ether oxygens (including phenoxy) is 3. The van der Waals surface area contributed by atoms with E-state index >= 15 is 0 Å². The molecule has 38 heavy (non-hydrogen) atoms. The highest BCUT2D eigenvalue weighted by molar-refractivity contribution is 5.94. The van der Waals surface area contributed by atoms with Gasteiger partial charge in [-0.15, -0.1) is 0 Å². The summed E-state index contributed by atoms with van der Waals surface area (Å²) in [5.74, 6) is 0.353. The first-order valence-electron chi connectivity index (χ1n) is 12.2. The van der Waals surface area contributed by atoms with Crippen LogP contribution in [0.4, 0.5) is 17.8 Å². The number of hydrogen-bond acceptors (Lipinski definition) is 11. The molecule has 202 valence electrons. The third-order valence-electron chi connectivity index (χ3n) is 5.02. The molecule has 12 heteroatoms. The first-order chi connectivity index (χ1) is 18.6. The highest BCUT2D eigenvalue weighted by Gasteiger charge is 2.09. The van der Waals surface area contributed by atoms with Crippen molar-refractivity contribution in [2.75, 3.05) is 69.1 Å². The Morgan fingerprint density at radius 2 is 1.29 bits per heavy atom. The first kappa shape index (κ1) is 28.3. The van der Waals surface area contributed by atoms with Gasteiger partial charge in [0.1, 0.15) is 6.54 Å². The minimum absolute atomic E-state index is 0.0723. The molecule has 1 heterocycles. The Morgan fingerprint density at radius 3 is 1.95 bits per heavy atom. The first-order valence-corrected chi connectivity index (χ1v) is 12.2. The number of esters is 1. The van der Waals surface area contributed by atoms with E-state index < -0.39 is 5.97 Å². The van der Waals surface area contributed by atoms with E-state index in [1.807, 2.05) is 48.5 Å². The summed E-state index contributed by atoms with van der Waals surface area (Å²) in [4.78, 5) is 36.4. The molecule has 1 amide bonds. The standard InChI is InChI=1S/C26H33N7O5/c1-36-22(34)19-30-26-32-24(31-25(33-26)29-18-20-8-4-2-5-9-20)28-13-15-38-17-16-37-14-12-27-23(35)21-10-6-3-7-11-21/h2-11H,12-19H2,1H3,(H,27,35)(H3,28,29,30,31,32,33). The number of carbonyl (C=O) groups is 2. The Bertz CT molecular complexity index is 1120. The van der Waals surface area contributed by atoms with Crippen molar-refractivity contribution in [1.82, 2.24) is 20.3 Å². The Kier molecular flexibility index (Phi) is 12.2. The van der Waals surface area contributed by atoms with Crippen LogP contribution in [-0.4, -0.2) is 80.0 Å². The molecule has 3 rings (SSSR count). The molecule has 0 saturated heterocycles. The number of nitrogens with zero attached hydrogens (tertiary/aromatic N) is 3. The molecular formula is C26H33N7O5. The monoisotopic (exact) mass is 523 g/mol. The number of aromatic nitrogens is 3. The fraction of sp³-hybridized carbons (Fsp3) is 0.346. The maximum absolute atomic E-state index is 12.0. The van der Waals surface area contributed by atoms with Crippen LogP contribution < -0.4 is 21.3 Å². The summed E-state index contributed by atoms with van der Waals surface area (Å²) >= 11 is 0. The van der Waals surface area contributed by atoms with Crippen LogP contribution in [0.2, 0.25) is 0 Å². The molecule has 0 saturated carbocycles. The van der Waals surface area contributed by atoms with Gasteiger partial charge in [-0.2, -0.15) is 15.0 Å². The molecule has 0 unspecified atom stereocenters. The Balaban J connectivity index is 1.34. The third-order valence-corrected chi connectivity index (χ3v) is 5.02. The Labute approximate surface area is 221 Å². The molecule has 0 spiro atoms. The zero-order valence-corrected chi connectivity index (χ0v) is 21.3. The molecule has 0 atom stereocenters. The van der Waals surface area contributed by atoms with Crippen molar-refractivity contribution in [3.8, 4) is 0 Å². The fourth-order valence-electron chi connectivity index (χ4n) is 3.10. The number of hydrogen-bond donors (Lipinski definition) is 4. The zero-order chi connectivity index (χ0) is 26.8. The Hall–Kier alpha value is -4.29. The highest BCUT2D eigenvalue weighted by atomic mass is 16.5. The molecule has 1 aromatic heterocycles. The van der Waals surface area contributed by atoms with Crippen LogP contribution in [0.25, 0.3) is 0 Å². The van der Waals surface area contributed by atoms with Gasteiger partial charge in [0, 0.05) is 25.2 Å². The number of amides is 1. The minimum Gasteiger partial charge on any atom is -0.468 e. The molecule has 3 aromatic rings. The quantitative estimate of drug-likeness (QED) is 0.152. The molecule has 0 aliphatic heterocycles. The maximum atomic E-state index is 12.0. The lowest BCUT2D eigenvalue weighted by Crippen LogP contribution is -2.27. The Morgan fingerprint density at radius 1 is 0.711 bits per heavy atom. The van der Waals surface area contributed by atoms with E-state index in [2.05, 4.69) is 41.0 Å². The molecule has 0 fully saturated rings. The summed E-state index contributed by atoms with van der Waals surface area (Å²) in [6.07, 6.45) is 0. The van der Waals surface area contributed by atoms with Crippen LogP contribution in [0.1, 0.15) is 15.9 Å². The van der Waals surface area contributed by atoms with Gasteiger partial charge in [0.2, 0.25) is 17.8 Å². The number of nitrogens with one attached hydrogen (secondary N) is 4. The normalized spacial score (nSPS) is 10.4. The number of rotatable bonds is 17. The van der Waals surface area contributed by atoms with Crippen LogP contribution >= 0.6 is 0 Å². The number of carbonyl (C=O) groups excluding carboxylic acids is 2. The van der Waals surface area contributed by atoms with Gasteiger partial charge in [-0.25, -0.2) is 0 Å². The van der Waals surface area contributed by atoms with Gasteiger partial charge in [-0.1, -0.05) is 48.5 Å². The molecule has 4 N–H and O–H groups in total. The van der Waals surface area contributed by atoms with Crippen molar-refractivity contribution in [2.45, 2.75) is 6.54 Å². The second-order valence-electron chi connectivity index (χ2n) is 7.85. The maximum Gasteiger partial charge on any atom is 0.325 e. The lowest BCUT2D eigenvalue weighted by Gasteiger charge is -2.11. The van der Waals surface area contributed by atoms with Crippen molar-refractivity contribution in [3.63, 3.8) is 0 Å². The number of anilines is 3. The van der Waals surface area contributed by atoms with Crippen molar-refractivity contribution >= 4 is 29.7 Å². The van der Waals surface area contributed by atoms with Crippen LogP contribution in [0.5, 0.6) is 0 Å². The minimum atomic E-state index is -0.437. The molecule has 2 aromatic carbocycles. The summed E-state index contributed by atoms with van der Waals surface area (Å²) in [5.41, 5.74) is 1.69. The van der Waals surface area contributed by atoms with Gasteiger partial charge in [0.25, 0.3) is 5.91 Å². The van der Waals surface area contributed by atoms with E-state index in [1.165, 1.54) is 7.11 Å². The summed E-state index contributed by atoms with van der Waals surface area (Å²) in [6.45, 7) is 2.93. The van der Waals surface area contributed by atoms with Crippen molar-refractivity contribution in [2.24, 2.45) is 0 Å². The largest absolute Gasteiger partial charge is 0.468 e. The van der Waals surface area contributed by atoms with Crippen LogP contribution in [0, 0.1) is 0 Å². The average Bonchev–Trinajstić information content (AvgIpc) is 2.96.